The first-order valence-corrected chi connectivity index (χ1v) is 6.96. The lowest BCUT2D eigenvalue weighted by Gasteiger charge is -2.03. The molecule has 0 saturated carbocycles. The number of methoxy groups -OCH3 is 1. The number of nitrogens with zero attached hydrogens (tertiary/aromatic N) is 3. The summed E-state index contributed by atoms with van der Waals surface area (Å²) in [4.78, 5) is 15.1. The van der Waals surface area contributed by atoms with Crippen molar-refractivity contribution in [3.63, 3.8) is 0 Å². The van der Waals surface area contributed by atoms with Crippen LogP contribution < -0.4 is 10.1 Å². The number of nitrogens with one attached hydrogen (secondary N) is 2. The number of aromatic amines is 1. The predicted octanol–water partition coefficient (Wildman–Crippen LogP) is 1.28. The molecule has 22 heavy (non-hydrogen) atoms. The van der Waals surface area contributed by atoms with Gasteiger partial charge in [0.05, 0.1) is 13.3 Å². The van der Waals surface area contributed by atoms with Crippen LogP contribution in [0.25, 0.3) is 10.9 Å². The van der Waals surface area contributed by atoms with Gasteiger partial charge in [0.2, 0.25) is 0 Å². The van der Waals surface area contributed by atoms with Crippen molar-refractivity contribution in [2.24, 2.45) is 7.05 Å². The molecule has 0 atom stereocenters. The van der Waals surface area contributed by atoms with E-state index in [0.717, 1.165) is 28.6 Å². The van der Waals surface area contributed by atoms with Crippen LogP contribution in [-0.4, -0.2) is 39.5 Å². The van der Waals surface area contributed by atoms with Gasteiger partial charge in [-0.25, -0.2) is 0 Å². The molecule has 0 aliphatic heterocycles. The highest BCUT2D eigenvalue weighted by Crippen LogP contribution is 2.23. The maximum absolute atomic E-state index is 11.9. The van der Waals surface area contributed by atoms with Gasteiger partial charge >= 0.3 is 0 Å². The Hall–Kier alpha value is -2.83. The fourth-order valence-electron chi connectivity index (χ4n) is 2.34. The number of aryl methyl sites for hydroxylation is 1. The summed E-state index contributed by atoms with van der Waals surface area (Å²) >= 11 is 0. The van der Waals surface area contributed by atoms with E-state index in [1.165, 1.54) is 4.68 Å². The summed E-state index contributed by atoms with van der Waals surface area (Å²) in [5.41, 5.74) is 2.51. The number of hydrogen-bond acceptors (Lipinski definition) is 4. The van der Waals surface area contributed by atoms with Gasteiger partial charge in [0.1, 0.15) is 5.75 Å². The molecule has 1 aromatic carbocycles. The molecule has 7 heteroatoms. The zero-order valence-electron chi connectivity index (χ0n) is 12.5. The summed E-state index contributed by atoms with van der Waals surface area (Å²) in [5, 5.41) is 11.5. The molecule has 114 valence electrons. The molecule has 3 rings (SSSR count). The molecule has 2 heterocycles. The van der Waals surface area contributed by atoms with E-state index in [-0.39, 0.29) is 5.91 Å². The van der Waals surface area contributed by atoms with Gasteiger partial charge in [0, 0.05) is 30.7 Å². The Morgan fingerprint density at radius 1 is 1.45 bits per heavy atom. The van der Waals surface area contributed by atoms with E-state index < -0.39 is 0 Å². The number of ether oxygens (including phenoxy) is 1. The van der Waals surface area contributed by atoms with Gasteiger partial charge in [-0.2, -0.15) is 0 Å². The second-order valence-corrected chi connectivity index (χ2v) is 5.01. The third-order valence-electron chi connectivity index (χ3n) is 3.49. The SMILES string of the molecule is COc1ccc2[nH]cc(CCNC(=O)c3cn(C)nn3)c2c1. The Morgan fingerprint density at radius 3 is 3.05 bits per heavy atom. The molecule has 0 fully saturated rings. The Labute approximate surface area is 127 Å². The van der Waals surface area contributed by atoms with Crippen molar-refractivity contribution in [2.75, 3.05) is 13.7 Å². The normalized spacial score (nSPS) is 10.8. The molecule has 2 N–H and O–H groups in total. The lowest BCUT2D eigenvalue weighted by Crippen LogP contribution is -2.26. The molecule has 1 amide bonds. The lowest BCUT2D eigenvalue weighted by atomic mass is 10.1. The van der Waals surface area contributed by atoms with Gasteiger partial charge in [-0.05, 0) is 30.2 Å². The van der Waals surface area contributed by atoms with Crippen molar-refractivity contribution in [2.45, 2.75) is 6.42 Å². The molecule has 0 aliphatic rings. The van der Waals surface area contributed by atoms with E-state index >= 15 is 0 Å². The van der Waals surface area contributed by atoms with Crippen molar-refractivity contribution in [3.05, 3.63) is 41.9 Å². The van der Waals surface area contributed by atoms with Crippen molar-refractivity contribution in [3.8, 4) is 5.75 Å². The monoisotopic (exact) mass is 299 g/mol. The van der Waals surface area contributed by atoms with Crippen LogP contribution in [0.15, 0.2) is 30.6 Å². The molecule has 0 aliphatic carbocycles. The first kappa shape index (κ1) is 14.1. The minimum absolute atomic E-state index is 0.217. The zero-order valence-corrected chi connectivity index (χ0v) is 12.5. The smallest absolute Gasteiger partial charge is 0.273 e. The minimum atomic E-state index is -0.217. The fourth-order valence-corrected chi connectivity index (χ4v) is 2.34. The first-order valence-electron chi connectivity index (χ1n) is 6.96. The van der Waals surface area contributed by atoms with Gasteiger partial charge in [0.15, 0.2) is 5.69 Å². The molecule has 0 spiro atoms. The number of fused-ring (bicyclic) bond motifs is 1. The molecular formula is C15H17N5O2. The number of hydrogen-bond donors (Lipinski definition) is 2. The highest BCUT2D eigenvalue weighted by Gasteiger charge is 2.10. The Balaban J connectivity index is 1.65. The highest BCUT2D eigenvalue weighted by atomic mass is 16.5. The van der Waals surface area contributed by atoms with Crippen LogP contribution in [0.2, 0.25) is 0 Å². The third-order valence-corrected chi connectivity index (χ3v) is 3.49. The number of amides is 1. The Kier molecular flexibility index (Phi) is 3.78. The summed E-state index contributed by atoms with van der Waals surface area (Å²) in [6.07, 6.45) is 4.27. The molecule has 3 aromatic rings. The van der Waals surface area contributed by atoms with Gasteiger partial charge in [-0.3, -0.25) is 9.48 Å². The molecular weight excluding hydrogens is 282 g/mol. The van der Waals surface area contributed by atoms with Gasteiger partial charge < -0.3 is 15.0 Å². The first-order chi connectivity index (χ1) is 10.7. The number of benzene rings is 1. The van der Waals surface area contributed by atoms with Crippen LogP contribution in [0.1, 0.15) is 16.1 Å². The number of carbonyl (C=O) groups excluding carboxylic acids is 1. The standard InChI is InChI=1S/C15H17N5O2/c1-20-9-14(18-19-20)15(21)16-6-5-10-8-17-13-4-3-11(22-2)7-12(10)13/h3-4,7-9,17H,5-6H2,1-2H3,(H,16,21). The third kappa shape index (κ3) is 2.78. The van der Waals surface area contributed by atoms with Crippen molar-refractivity contribution in [1.82, 2.24) is 25.3 Å². The lowest BCUT2D eigenvalue weighted by molar-refractivity contribution is 0.0949. The molecule has 0 saturated heterocycles. The van der Waals surface area contributed by atoms with Crippen molar-refractivity contribution < 1.29 is 9.53 Å². The largest absolute Gasteiger partial charge is 0.497 e. The van der Waals surface area contributed by atoms with E-state index in [1.807, 2.05) is 24.4 Å². The van der Waals surface area contributed by atoms with Crippen LogP contribution in [0, 0.1) is 0 Å². The van der Waals surface area contributed by atoms with Crippen LogP contribution in [0.5, 0.6) is 5.75 Å². The molecule has 0 bridgehead atoms. The van der Waals surface area contributed by atoms with Gasteiger partial charge in [-0.15, -0.1) is 5.10 Å². The molecule has 7 nitrogen and oxygen atoms in total. The summed E-state index contributed by atoms with van der Waals surface area (Å²) in [7, 11) is 3.37. The number of carbonyl (C=O) groups is 1. The maximum atomic E-state index is 11.9. The number of rotatable bonds is 5. The van der Waals surface area contributed by atoms with Crippen LogP contribution >= 0.6 is 0 Å². The molecule has 2 aromatic heterocycles. The summed E-state index contributed by atoms with van der Waals surface area (Å²) in [6, 6.07) is 5.89. The maximum Gasteiger partial charge on any atom is 0.273 e. The van der Waals surface area contributed by atoms with Crippen LogP contribution in [-0.2, 0) is 13.5 Å². The summed E-state index contributed by atoms with van der Waals surface area (Å²) in [5.74, 6) is 0.600. The van der Waals surface area contributed by atoms with Crippen LogP contribution in [0.4, 0.5) is 0 Å². The Morgan fingerprint density at radius 2 is 2.32 bits per heavy atom. The Bertz CT molecular complexity index is 805. The second kappa shape index (κ2) is 5.88. The topological polar surface area (TPSA) is 84.8 Å². The van der Waals surface area contributed by atoms with Gasteiger partial charge in [-0.1, -0.05) is 5.21 Å². The van der Waals surface area contributed by atoms with Crippen LogP contribution in [0.3, 0.4) is 0 Å². The summed E-state index contributed by atoms with van der Waals surface area (Å²) < 4.78 is 6.75. The second-order valence-electron chi connectivity index (χ2n) is 5.01. The number of aromatic nitrogens is 4. The van der Waals surface area contributed by atoms with Gasteiger partial charge in [0.25, 0.3) is 5.91 Å². The fraction of sp³-hybridized carbons (Fsp3) is 0.267. The van der Waals surface area contributed by atoms with E-state index in [4.69, 9.17) is 4.74 Å². The van der Waals surface area contributed by atoms with E-state index in [0.29, 0.717) is 12.2 Å². The average molecular weight is 299 g/mol. The zero-order chi connectivity index (χ0) is 15.5. The van der Waals surface area contributed by atoms with E-state index in [1.54, 1.807) is 20.4 Å². The quantitative estimate of drug-likeness (QED) is 0.743. The minimum Gasteiger partial charge on any atom is -0.497 e. The van der Waals surface area contributed by atoms with E-state index in [2.05, 4.69) is 20.6 Å². The summed E-state index contributed by atoms with van der Waals surface area (Å²) in [6.45, 7) is 0.527. The molecule has 0 radical (unpaired) electrons. The highest BCUT2D eigenvalue weighted by molar-refractivity contribution is 5.91. The number of H-pyrrole nitrogens is 1. The predicted molar refractivity (Wildman–Crippen MR) is 81.9 cm³/mol. The van der Waals surface area contributed by atoms with Crippen molar-refractivity contribution >= 4 is 16.8 Å². The average Bonchev–Trinajstić information content (AvgIpc) is 3.13. The van der Waals surface area contributed by atoms with Crippen molar-refractivity contribution in [1.29, 1.82) is 0 Å². The molecule has 0 unspecified atom stereocenters. The van der Waals surface area contributed by atoms with E-state index in [9.17, 15) is 4.79 Å².